The van der Waals surface area contributed by atoms with E-state index in [1.807, 2.05) is 0 Å². The van der Waals surface area contributed by atoms with E-state index >= 15 is 0 Å². The first kappa shape index (κ1) is 27.2. The van der Waals surface area contributed by atoms with Crippen LogP contribution in [0.5, 0.6) is 0 Å². The molecule has 0 aliphatic heterocycles. The van der Waals surface area contributed by atoms with E-state index in [0.717, 1.165) is 12.8 Å². The summed E-state index contributed by atoms with van der Waals surface area (Å²) in [4.78, 5) is 0. The maximum absolute atomic E-state index is 8.28. The third-order valence-electron chi connectivity index (χ3n) is 4.67. The van der Waals surface area contributed by atoms with Crippen LogP contribution in [0.1, 0.15) is 118 Å². The summed E-state index contributed by atoms with van der Waals surface area (Å²) < 4.78 is 0. The summed E-state index contributed by atoms with van der Waals surface area (Å²) in [5.41, 5.74) is 0. The summed E-state index contributed by atoms with van der Waals surface area (Å²) in [5.74, 6) is 0.854. The van der Waals surface area contributed by atoms with Gasteiger partial charge in [0.25, 0.3) is 0 Å². The Morgan fingerprint density at radius 3 is 1.19 bits per heavy atom. The van der Waals surface area contributed by atoms with Crippen LogP contribution in [-0.2, 0) is 0 Å². The van der Waals surface area contributed by atoms with Crippen molar-refractivity contribution in [2.45, 2.75) is 118 Å². The molecule has 0 amide bonds. The first-order valence-corrected chi connectivity index (χ1v) is 11.0. The SMILES string of the molecule is CCCCCCCCC(C)C=NO.CCCCCCCCC(C)C=NO. The van der Waals surface area contributed by atoms with E-state index in [1.165, 1.54) is 77.0 Å². The molecule has 0 aliphatic carbocycles. The zero-order valence-electron chi connectivity index (χ0n) is 18.0. The molecule has 2 N–H and O–H groups in total. The van der Waals surface area contributed by atoms with Crippen molar-refractivity contribution in [3.8, 4) is 0 Å². The fourth-order valence-electron chi connectivity index (χ4n) is 2.87. The third-order valence-corrected chi connectivity index (χ3v) is 4.67. The van der Waals surface area contributed by atoms with Gasteiger partial charge in [0.2, 0.25) is 0 Å². The Balaban J connectivity index is 0. The number of oxime groups is 2. The fraction of sp³-hybridized carbons (Fsp3) is 0.909. The molecule has 4 nitrogen and oxygen atoms in total. The average molecular weight is 371 g/mol. The standard InChI is InChI=1S/2C11H23NO/c2*1-3-4-5-6-7-8-9-11(2)10-12-13/h2*10-11,13H,3-9H2,1-2H3. The van der Waals surface area contributed by atoms with Crippen LogP contribution in [0.2, 0.25) is 0 Å². The zero-order chi connectivity index (χ0) is 19.9. The lowest BCUT2D eigenvalue weighted by atomic mass is 10.0. The minimum Gasteiger partial charge on any atom is -0.411 e. The lowest BCUT2D eigenvalue weighted by Crippen LogP contribution is -1.95. The minimum absolute atomic E-state index is 0.427. The molecule has 156 valence electrons. The molecule has 0 radical (unpaired) electrons. The van der Waals surface area contributed by atoms with Crippen LogP contribution >= 0.6 is 0 Å². The second kappa shape index (κ2) is 23.9. The van der Waals surface area contributed by atoms with Gasteiger partial charge in [-0.25, -0.2) is 0 Å². The van der Waals surface area contributed by atoms with Gasteiger partial charge in [0.15, 0.2) is 0 Å². The van der Waals surface area contributed by atoms with Crippen molar-refractivity contribution in [1.82, 2.24) is 0 Å². The summed E-state index contributed by atoms with van der Waals surface area (Å²) in [5, 5.41) is 22.6. The van der Waals surface area contributed by atoms with Gasteiger partial charge in [-0.2, -0.15) is 0 Å². The van der Waals surface area contributed by atoms with Gasteiger partial charge in [0.1, 0.15) is 0 Å². The van der Waals surface area contributed by atoms with Gasteiger partial charge in [0, 0.05) is 12.4 Å². The predicted molar refractivity (Wildman–Crippen MR) is 115 cm³/mol. The molecule has 2 unspecified atom stereocenters. The van der Waals surface area contributed by atoms with Crippen LogP contribution in [0.15, 0.2) is 10.3 Å². The Morgan fingerprint density at radius 1 is 0.577 bits per heavy atom. The average Bonchev–Trinajstić information content (AvgIpc) is 2.62. The van der Waals surface area contributed by atoms with Crippen molar-refractivity contribution in [3.05, 3.63) is 0 Å². The van der Waals surface area contributed by atoms with Crippen molar-refractivity contribution >= 4 is 12.4 Å². The monoisotopic (exact) mass is 370 g/mol. The Morgan fingerprint density at radius 2 is 0.885 bits per heavy atom. The summed E-state index contributed by atoms with van der Waals surface area (Å²) >= 11 is 0. The van der Waals surface area contributed by atoms with Gasteiger partial charge in [-0.05, 0) is 24.7 Å². The fourth-order valence-corrected chi connectivity index (χ4v) is 2.87. The Hall–Kier alpha value is -1.06. The molecule has 0 aromatic heterocycles. The number of unbranched alkanes of at least 4 members (excludes halogenated alkanes) is 10. The van der Waals surface area contributed by atoms with Gasteiger partial charge >= 0.3 is 0 Å². The molecule has 0 rings (SSSR count). The van der Waals surface area contributed by atoms with Crippen molar-refractivity contribution in [3.63, 3.8) is 0 Å². The van der Waals surface area contributed by atoms with Crippen molar-refractivity contribution < 1.29 is 10.4 Å². The van der Waals surface area contributed by atoms with E-state index in [1.54, 1.807) is 12.4 Å². The highest BCUT2D eigenvalue weighted by Gasteiger charge is 1.98. The molecule has 0 spiro atoms. The predicted octanol–water partition coefficient (Wildman–Crippen LogP) is 7.67. The molecular formula is C22H46N2O2. The zero-order valence-corrected chi connectivity index (χ0v) is 18.0. The molecule has 26 heavy (non-hydrogen) atoms. The minimum atomic E-state index is 0.427. The number of rotatable bonds is 16. The van der Waals surface area contributed by atoms with Crippen LogP contribution in [-0.4, -0.2) is 22.8 Å². The molecule has 0 fully saturated rings. The molecule has 0 aliphatic rings. The van der Waals surface area contributed by atoms with Gasteiger partial charge in [-0.15, -0.1) is 10.3 Å². The van der Waals surface area contributed by atoms with Gasteiger partial charge in [-0.3, -0.25) is 0 Å². The quantitative estimate of drug-likeness (QED) is 0.127. The topological polar surface area (TPSA) is 65.2 Å². The van der Waals surface area contributed by atoms with Crippen LogP contribution in [0, 0.1) is 11.8 Å². The maximum atomic E-state index is 8.28. The summed E-state index contributed by atoms with van der Waals surface area (Å²) in [6.45, 7) is 8.65. The molecule has 0 aromatic rings. The second-order valence-electron chi connectivity index (χ2n) is 7.60. The molecule has 2 atom stereocenters. The first-order chi connectivity index (χ1) is 12.6. The highest BCUT2D eigenvalue weighted by Crippen LogP contribution is 2.11. The highest BCUT2D eigenvalue weighted by atomic mass is 16.4. The van der Waals surface area contributed by atoms with E-state index in [4.69, 9.17) is 10.4 Å². The molecular weight excluding hydrogens is 324 g/mol. The summed E-state index contributed by atoms with van der Waals surface area (Å²) in [6.07, 6.45) is 21.5. The Kier molecular flexibility index (Phi) is 25.0. The highest BCUT2D eigenvalue weighted by molar-refractivity contribution is 5.59. The van der Waals surface area contributed by atoms with Gasteiger partial charge in [0.05, 0.1) is 0 Å². The molecule has 0 bridgehead atoms. The lowest BCUT2D eigenvalue weighted by molar-refractivity contribution is 0.317. The van der Waals surface area contributed by atoms with E-state index in [0.29, 0.717) is 11.8 Å². The third kappa shape index (κ3) is 25.2. The molecule has 4 heteroatoms. The van der Waals surface area contributed by atoms with Crippen LogP contribution in [0.4, 0.5) is 0 Å². The lowest BCUT2D eigenvalue weighted by Gasteiger charge is -2.03. The molecule has 0 saturated heterocycles. The molecule has 0 heterocycles. The maximum Gasteiger partial charge on any atom is 0.0464 e. The molecule has 0 saturated carbocycles. The first-order valence-electron chi connectivity index (χ1n) is 11.0. The van der Waals surface area contributed by atoms with Crippen molar-refractivity contribution in [1.29, 1.82) is 0 Å². The van der Waals surface area contributed by atoms with Gasteiger partial charge < -0.3 is 10.4 Å². The number of hydrogen-bond donors (Lipinski definition) is 2. The Labute approximate surface area is 163 Å². The smallest absolute Gasteiger partial charge is 0.0464 e. The van der Waals surface area contributed by atoms with E-state index in [2.05, 4.69) is 38.0 Å². The largest absolute Gasteiger partial charge is 0.411 e. The summed E-state index contributed by atoms with van der Waals surface area (Å²) in [7, 11) is 0. The van der Waals surface area contributed by atoms with E-state index in [9.17, 15) is 0 Å². The summed E-state index contributed by atoms with van der Waals surface area (Å²) in [6, 6.07) is 0. The molecule has 0 aromatic carbocycles. The van der Waals surface area contributed by atoms with Crippen molar-refractivity contribution in [2.75, 3.05) is 0 Å². The number of hydrogen-bond acceptors (Lipinski definition) is 4. The van der Waals surface area contributed by atoms with E-state index in [-0.39, 0.29) is 0 Å². The Bertz CT molecular complexity index is 277. The van der Waals surface area contributed by atoms with Crippen LogP contribution in [0.25, 0.3) is 0 Å². The van der Waals surface area contributed by atoms with Crippen LogP contribution in [0.3, 0.4) is 0 Å². The second-order valence-corrected chi connectivity index (χ2v) is 7.60. The number of nitrogens with zero attached hydrogens (tertiary/aromatic N) is 2. The van der Waals surface area contributed by atoms with Crippen molar-refractivity contribution in [2.24, 2.45) is 22.1 Å². The normalized spacial score (nSPS) is 13.7. The van der Waals surface area contributed by atoms with E-state index < -0.39 is 0 Å². The van der Waals surface area contributed by atoms with Gasteiger partial charge in [-0.1, -0.05) is 105 Å². The van der Waals surface area contributed by atoms with Crippen LogP contribution < -0.4 is 0 Å².